The molecule has 0 saturated heterocycles. The molecule has 7 nitrogen and oxygen atoms in total. The highest BCUT2D eigenvalue weighted by Crippen LogP contribution is 2.25. The smallest absolute Gasteiger partial charge is 0.350 e. The summed E-state index contributed by atoms with van der Waals surface area (Å²) >= 11 is 0. The zero-order valence-corrected chi connectivity index (χ0v) is 25.7. The van der Waals surface area contributed by atoms with Gasteiger partial charge in [0.1, 0.15) is 11.6 Å². The van der Waals surface area contributed by atoms with Crippen molar-refractivity contribution in [3.8, 4) is 5.75 Å². The molecule has 0 aliphatic carbocycles. The number of aryl methyl sites for hydroxylation is 2. The van der Waals surface area contributed by atoms with Gasteiger partial charge in [-0.25, -0.2) is 14.3 Å². The van der Waals surface area contributed by atoms with Crippen molar-refractivity contribution in [1.29, 1.82) is 0 Å². The predicted molar refractivity (Wildman–Crippen MR) is 166 cm³/mol. The molecule has 0 aliphatic rings. The van der Waals surface area contributed by atoms with Crippen LogP contribution in [0.2, 0.25) is 0 Å². The zero-order valence-electron chi connectivity index (χ0n) is 25.7. The molecule has 0 radical (unpaired) electrons. The summed E-state index contributed by atoms with van der Waals surface area (Å²) in [5, 5.41) is 4.63. The minimum atomic E-state index is -1.14. The Morgan fingerprint density at radius 3 is 2.10 bits per heavy atom. The van der Waals surface area contributed by atoms with Gasteiger partial charge in [-0.05, 0) is 66.5 Å². The van der Waals surface area contributed by atoms with Crippen molar-refractivity contribution in [2.45, 2.75) is 77.9 Å². The third-order valence-corrected chi connectivity index (χ3v) is 7.51. The van der Waals surface area contributed by atoms with Gasteiger partial charge in [-0.2, -0.15) is 5.10 Å². The number of rotatable bonds is 12. The summed E-state index contributed by atoms with van der Waals surface area (Å²) in [5.41, 5.74) is 3.31. The van der Waals surface area contributed by atoms with Crippen molar-refractivity contribution in [2.75, 3.05) is 6.61 Å². The predicted octanol–water partition coefficient (Wildman–Crippen LogP) is 6.05. The average Bonchev–Trinajstić information content (AvgIpc) is 3.22. The molecule has 0 saturated carbocycles. The molecule has 0 fully saturated rings. The molecule has 3 aromatic carbocycles. The normalized spacial score (nSPS) is 13.0. The maximum atomic E-state index is 12.8. The van der Waals surface area contributed by atoms with Crippen molar-refractivity contribution in [2.24, 2.45) is 7.05 Å². The summed E-state index contributed by atoms with van der Waals surface area (Å²) in [6.07, 6.45) is 2.77. The summed E-state index contributed by atoms with van der Waals surface area (Å²) < 4.78 is 14.8. The Morgan fingerprint density at radius 2 is 1.48 bits per heavy atom. The van der Waals surface area contributed by atoms with Crippen molar-refractivity contribution >= 4 is 5.97 Å². The van der Waals surface area contributed by atoms with Gasteiger partial charge >= 0.3 is 11.7 Å². The second-order valence-electron chi connectivity index (χ2n) is 12.1. The lowest BCUT2D eigenvalue weighted by Gasteiger charge is -2.28. The molecule has 4 rings (SSSR count). The molecular weight excluding hydrogens is 526 g/mol. The SMILES string of the molecule is CCOC(=O)C(C)(Cc1ccccc1)Oc1ccc(CCCc2nn(Cc3ccc(C(C)(C)C)cc3)c(=O)n2C)cc1. The van der Waals surface area contributed by atoms with Crippen LogP contribution in [0.15, 0.2) is 83.7 Å². The fourth-order valence-corrected chi connectivity index (χ4v) is 4.99. The molecule has 0 amide bonds. The summed E-state index contributed by atoms with van der Waals surface area (Å²) in [6, 6.07) is 26.0. The number of nitrogens with zero attached hydrogens (tertiary/aromatic N) is 3. The Balaban J connectivity index is 1.35. The summed E-state index contributed by atoms with van der Waals surface area (Å²) in [5.74, 6) is 1.00. The minimum absolute atomic E-state index is 0.0898. The second kappa shape index (κ2) is 13.2. The Labute approximate surface area is 249 Å². The van der Waals surface area contributed by atoms with E-state index in [4.69, 9.17) is 9.47 Å². The van der Waals surface area contributed by atoms with E-state index >= 15 is 0 Å². The summed E-state index contributed by atoms with van der Waals surface area (Å²) in [7, 11) is 1.78. The van der Waals surface area contributed by atoms with Gasteiger partial charge in [-0.1, -0.05) is 87.5 Å². The van der Waals surface area contributed by atoms with Gasteiger partial charge in [0.2, 0.25) is 5.60 Å². The van der Waals surface area contributed by atoms with E-state index in [2.05, 4.69) is 50.1 Å². The lowest BCUT2D eigenvalue weighted by atomic mass is 9.87. The molecule has 7 heteroatoms. The molecule has 1 heterocycles. The quantitative estimate of drug-likeness (QED) is 0.194. The number of esters is 1. The minimum Gasteiger partial charge on any atom is -0.476 e. The number of carbonyl (C=O) groups is 1. The van der Waals surface area contributed by atoms with Gasteiger partial charge in [0.15, 0.2) is 0 Å². The van der Waals surface area contributed by atoms with Crippen molar-refractivity contribution < 1.29 is 14.3 Å². The van der Waals surface area contributed by atoms with Crippen molar-refractivity contribution in [3.05, 3.63) is 117 Å². The number of carbonyl (C=O) groups excluding carboxylic acids is 1. The average molecular weight is 570 g/mol. The highest BCUT2D eigenvalue weighted by Gasteiger charge is 2.37. The van der Waals surface area contributed by atoms with Crippen LogP contribution in [0, 0.1) is 0 Å². The molecule has 0 bridgehead atoms. The van der Waals surface area contributed by atoms with Crippen LogP contribution in [0.4, 0.5) is 0 Å². The van der Waals surface area contributed by atoms with Gasteiger partial charge < -0.3 is 9.47 Å². The maximum absolute atomic E-state index is 12.8. The zero-order chi connectivity index (χ0) is 30.3. The van der Waals surface area contributed by atoms with Crippen LogP contribution in [0.25, 0.3) is 0 Å². The third kappa shape index (κ3) is 7.78. The first-order valence-electron chi connectivity index (χ1n) is 14.7. The number of aromatic nitrogens is 3. The van der Waals surface area contributed by atoms with E-state index in [-0.39, 0.29) is 17.1 Å². The van der Waals surface area contributed by atoms with Crippen LogP contribution < -0.4 is 10.4 Å². The summed E-state index contributed by atoms with van der Waals surface area (Å²) in [6.45, 7) is 10.9. The maximum Gasteiger partial charge on any atom is 0.350 e. The Kier molecular flexibility index (Phi) is 9.71. The van der Waals surface area contributed by atoms with Crippen molar-refractivity contribution in [3.63, 3.8) is 0 Å². The fraction of sp³-hybridized carbons (Fsp3) is 0.400. The first-order valence-corrected chi connectivity index (χ1v) is 14.7. The highest BCUT2D eigenvalue weighted by atomic mass is 16.6. The topological polar surface area (TPSA) is 75.3 Å². The third-order valence-electron chi connectivity index (χ3n) is 7.51. The van der Waals surface area contributed by atoms with Gasteiger partial charge in [-0.15, -0.1) is 0 Å². The van der Waals surface area contributed by atoms with Crippen LogP contribution in [-0.4, -0.2) is 32.5 Å². The molecule has 1 unspecified atom stereocenters. The van der Waals surface area contributed by atoms with Crippen LogP contribution in [0.1, 0.15) is 69.1 Å². The molecule has 1 aromatic heterocycles. The molecule has 42 heavy (non-hydrogen) atoms. The molecule has 0 N–H and O–H groups in total. The number of hydrogen-bond acceptors (Lipinski definition) is 5. The largest absolute Gasteiger partial charge is 0.476 e. The lowest BCUT2D eigenvalue weighted by Crippen LogP contribution is -2.45. The molecular formula is C35H43N3O4. The van der Waals surface area contributed by atoms with Crippen LogP contribution in [0.3, 0.4) is 0 Å². The van der Waals surface area contributed by atoms with E-state index in [1.165, 1.54) is 5.56 Å². The lowest BCUT2D eigenvalue weighted by molar-refractivity contribution is -0.160. The number of hydrogen-bond donors (Lipinski definition) is 0. The Hall–Kier alpha value is -4.13. The van der Waals surface area contributed by atoms with E-state index in [0.29, 0.717) is 31.7 Å². The molecule has 4 aromatic rings. The van der Waals surface area contributed by atoms with E-state index < -0.39 is 5.60 Å². The van der Waals surface area contributed by atoms with Gasteiger partial charge in [0.25, 0.3) is 0 Å². The van der Waals surface area contributed by atoms with Gasteiger partial charge in [0, 0.05) is 19.9 Å². The first kappa shape index (κ1) is 30.8. The monoisotopic (exact) mass is 569 g/mol. The molecule has 222 valence electrons. The van der Waals surface area contributed by atoms with E-state index in [9.17, 15) is 9.59 Å². The van der Waals surface area contributed by atoms with Crippen LogP contribution in [0.5, 0.6) is 5.75 Å². The molecule has 0 aliphatic heterocycles. The van der Waals surface area contributed by atoms with E-state index in [1.807, 2.05) is 54.6 Å². The van der Waals surface area contributed by atoms with Gasteiger partial charge in [-0.3, -0.25) is 4.57 Å². The second-order valence-corrected chi connectivity index (χ2v) is 12.1. The Bertz CT molecular complexity index is 1510. The standard InChI is InChI=1S/C35H43N3O4/c1-7-41-32(39)35(5,24-27-12-9-8-10-13-27)42-30-22-18-26(19-23-30)14-11-15-31-36-38(33(40)37(31)6)25-28-16-20-29(21-17-28)34(2,3)4/h8-10,12-13,16-23H,7,11,14-15,24-25H2,1-6H3. The van der Waals surface area contributed by atoms with Gasteiger partial charge in [0.05, 0.1) is 13.2 Å². The Morgan fingerprint density at radius 1 is 0.833 bits per heavy atom. The van der Waals surface area contributed by atoms with E-state index in [1.54, 1.807) is 30.1 Å². The van der Waals surface area contributed by atoms with E-state index in [0.717, 1.165) is 35.4 Å². The summed E-state index contributed by atoms with van der Waals surface area (Å²) in [4.78, 5) is 25.7. The molecule has 0 spiro atoms. The van der Waals surface area contributed by atoms with Crippen LogP contribution in [-0.2, 0) is 47.8 Å². The fourth-order valence-electron chi connectivity index (χ4n) is 4.99. The number of ether oxygens (including phenoxy) is 2. The number of benzene rings is 3. The molecule has 1 atom stereocenters. The van der Waals surface area contributed by atoms with Crippen LogP contribution >= 0.6 is 0 Å². The highest BCUT2D eigenvalue weighted by molar-refractivity contribution is 5.80. The first-order chi connectivity index (χ1) is 20.0. The van der Waals surface area contributed by atoms with Crippen molar-refractivity contribution in [1.82, 2.24) is 14.3 Å².